The smallest absolute Gasteiger partial charge is 0.335 e. The number of halogens is 1. The summed E-state index contributed by atoms with van der Waals surface area (Å²) in [6.07, 6.45) is 0. The van der Waals surface area contributed by atoms with Crippen molar-refractivity contribution in [1.29, 1.82) is 0 Å². The molecule has 0 spiro atoms. The molecule has 0 unspecified atom stereocenters. The highest BCUT2D eigenvalue weighted by atomic mass is 19.1. The SMILES string of the molecule is COc1c([N+](=O)[O-])ccc(F)c1-c1ccc(C(=O)O)cc1. The lowest BCUT2D eigenvalue weighted by Crippen LogP contribution is -1.99. The van der Waals surface area contributed by atoms with E-state index in [0.29, 0.717) is 0 Å². The molecule has 108 valence electrons. The Morgan fingerprint density at radius 2 is 1.86 bits per heavy atom. The van der Waals surface area contributed by atoms with Crippen LogP contribution in [0.1, 0.15) is 10.4 Å². The Bertz CT molecular complexity index is 712. The van der Waals surface area contributed by atoms with E-state index in [-0.39, 0.29) is 28.1 Å². The number of methoxy groups -OCH3 is 1. The van der Waals surface area contributed by atoms with Gasteiger partial charge in [-0.1, -0.05) is 12.1 Å². The van der Waals surface area contributed by atoms with Crippen LogP contribution in [0.4, 0.5) is 10.1 Å². The van der Waals surface area contributed by atoms with Crippen LogP contribution in [0.3, 0.4) is 0 Å². The summed E-state index contributed by atoms with van der Waals surface area (Å²) in [5, 5.41) is 19.8. The number of rotatable bonds is 4. The maximum Gasteiger partial charge on any atom is 0.335 e. The standard InChI is InChI=1S/C14H10FNO5/c1-21-13-11(16(19)20)7-6-10(15)12(13)8-2-4-9(5-3-8)14(17)18/h2-7H,1H3,(H,17,18). The molecule has 0 fully saturated rings. The lowest BCUT2D eigenvalue weighted by Gasteiger charge is -2.10. The molecule has 0 aromatic heterocycles. The number of benzene rings is 2. The van der Waals surface area contributed by atoms with Crippen molar-refractivity contribution < 1.29 is 24.0 Å². The first-order chi connectivity index (χ1) is 9.95. The lowest BCUT2D eigenvalue weighted by molar-refractivity contribution is -0.385. The highest BCUT2D eigenvalue weighted by Crippen LogP contribution is 2.39. The van der Waals surface area contributed by atoms with Gasteiger partial charge in [0, 0.05) is 6.07 Å². The van der Waals surface area contributed by atoms with E-state index in [1.807, 2.05) is 0 Å². The number of hydrogen-bond acceptors (Lipinski definition) is 4. The molecule has 0 saturated heterocycles. The molecular formula is C14H10FNO5. The highest BCUT2D eigenvalue weighted by Gasteiger charge is 2.23. The Morgan fingerprint density at radius 3 is 2.33 bits per heavy atom. The van der Waals surface area contributed by atoms with Crippen molar-refractivity contribution in [3.8, 4) is 16.9 Å². The number of nitro groups is 1. The normalized spacial score (nSPS) is 10.2. The third kappa shape index (κ3) is 2.66. The minimum absolute atomic E-state index is 0.0311. The monoisotopic (exact) mass is 291 g/mol. The molecule has 0 atom stereocenters. The Hall–Kier alpha value is -2.96. The first kappa shape index (κ1) is 14.4. The molecule has 0 bridgehead atoms. The number of carbonyl (C=O) groups is 1. The summed E-state index contributed by atoms with van der Waals surface area (Å²) < 4.78 is 19.0. The molecular weight excluding hydrogens is 281 g/mol. The second-order valence-electron chi connectivity index (χ2n) is 4.11. The number of hydrogen-bond donors (Lipinski definition) is 1. The molecule has 0 aliphatic carbocycles. The highest BCUT2D eigenvalue weighted by molar-refractivity contribution is 5.88. The van der Waals surface area contributed by atoms with Crippen molar-refractivity contribution in [3.63, 3.8) is 0 Å². The van der Waals surface area contributed by atoms with Gasteiger partial charge in [-0.05, 0) is 23.8 Å². The predicted molar refractivity (Wildman–Crippen MR) is 72.0 cm³/mol. The molecule has 0 amide bonds. The molecule has 0 heterocycles. The molecule has 7 heteroatoms. The Balaban J connectivity index is 2.64. The Labute approximate surface area is 118 Å². The van der Waals surface area contributed by atoms with Crippen LogP contribution in [-0.2, 0) is 0 Å². The summed E-state index contributed by atoms with van der Waals surface area (Å²) in [5.74, 6) is -2.02. The van der Waals surface area contributed by atoms with Crippen LogP contribution in [0.25, 0.3) is 11.1 Å². The molecule has 2 aromatic rings. The summed E-state index contributed by atoms with van der Waals surface area (Å²) in [6, 6.07) is 7.30. The van der Waals surface area contributed by atoms with Crippen LogP contribution in [0.5, 0.6) is 5.75 Å². The first-order valence-electron chi connectivity index (χ1n) is 5.80. The zero-order valence-electron chi connectivity index (χ0n) is 10.9. The summed E-state index contributed by atoms with van der Waals surface area (Å²) in [4.78, 5) is 21.1. The number of nitro benzene ring substituents is 1. The van der Waals surface area contributed by atoms with E-state index >= 15 is 0 Å². The molecule has 0 saturated carbocycles. The molecule has 21 heavy (non-hydrogen) atoms. The van der Waals surface area contributed by atoms with E-state index in [1.165, 1.54) is 31.4 Å². The van der Waals surface area contributed by atoms with Crippen molar-refractivity contribution in [2.24, 2.45) is 0 Å². The third-order valence-electron chi connectivity index (χ3n) is 2.91. The summed E-state index contributed by atoms with van der Waals surface area (Å²) >= 11 is 0. The van der Waals surface area contributed by atoms with Gasteiger partial charge in [0.15, 0.2) is 0 Å². The summed E-state index contributed by atoms with van der Waals surface area (Å²) in [7, 11) is 1.21. The molecule has 1 N–H and O–H groups in total. The molecule has 6 nitrogen and oxygen atoms in total. The van der Waals surface area contributed by atoms with Crippen molar-refractivity contribution in [2.45, 2.75) is 0 Å². The van der Waals surface area contributed by atoms with Gasteiger partial charge in [-0.3, -0.25) is 10.1 Å². The second kappa shape index (κ2) is 5.58. The van der Waals surface area contributed by atoms with Crippen LogP contribution in [0.15, 0.2) is 36.4 Å². The van der Waals surface area contributed by atoms with Gasteiger partial charge in [0.1, 0.15) is 5.82 Å². The van der Waals surface area contributed by atoms with Crippen molar-refractivity contribution >= 4 is 11.7 Å². The minimum atomic E-state index is -1.12. The number of carboxylic acid groups (broad SMARTS) is 1. The average molecular weight is 291 g/mol. The lowest BCUT2D eigenvalue weighted by atomic mass is 10.0. The van der Waals surface area contributed by atoms with E-state index in [1.54, 1.807) is 0 Å². The zero-order chi connectivity index (χ0) is 15.6. The van der Waals surface area contributed by atoms with Gasteiger partial charge in [0.2, 0.25) is 5.75 Å². The van der Waals surface area contributed by atoms with Crippen molar-refractivity contribution in [3.05, 3.63) is 57.9 Å². The molecule has 0 radical (unpaired) electrons. The fourth-order valence-corrected chi connectivity index (χ4v) is 1.95. The van der Waals surface area contributed by atoms with Gasteiger partial charge in [-0.2, -0.15) is 0 Å². The fourth-order valence-electron chi connectivity index (χ4n) is 1.95. The van der Waals surface area contributed by atoms with Gasteiger partial charge in [-0.15, -0.1) is 0 Å². The van der Waals surface area contributed by atoms with Crippen LogP contribution in [0, 0.1) is 15.9 Å². The van der Waals surface area contributed by atoms with Crippen LogP contribution >= 0.6 is 0 Å². The second-order valence-corrected chi connectivity index (χ2v) is 4.11. The number of ether oxygens (including phenoxy) is 1. The topological polar surface area (TPSA) is 89.7 Å². The quantitative estimate of drug-likeness (QED) is 0.690. The van der Waals surface area contributed by atoms with Gasteiger partial charge in [0.05, 0.1) is 23.2 Å². The van der Waals surface area contributed by atoms with E-state index in [9.17, 15) is 19.3 Å². The van der Waals surface area contributed by atoms with Crippen LogP contribution < -0.4 is 4.74 Å². The van der Waals surface area contributed by atoms with E-state index in [4.69, 9.17) is 9.84 Å². The van der Waals surface area contributed by atoms with Gasteiger partial charge in [0.25, 0.3) is 0 Å². The van der Waals surface area contributed by atoms with Gasteiger partial charge < -0.3 is 9.84 Å². The Kier molecular flexibility index (Phi) is 3.84. The van der Waals surface area contributed by atoms with Gasteiger partial charge in [-0.25, -0.2) is 9.18 Å². The zero-order valence-corrected chi connectivity index (χ0v) is 10.9. The molecule has 2 rings (SSSR count). The van der Waals surface area contributed by atoms with E-state index in [2.05, 4.69) is 0 Å². The maximum absolute atomic E-state index is 14.0. The first-order valence-corrected chi connectivity index (χ1v) is 5.80. The largest absolute Gasteiger partial charge is 0.490 e. The van der Waals surface area contributed by atoms with E-state index in [0.717, 1.165) is 12.1 Å². The van der Waals surface area contributed by atoms with Crippen LogP contribution in [-0.4, -0.2) is 23.1 Å². The summed E-state index contributed by atoms with van der Waals surface area (Å²) in [5.41, 5.74) is -0.124. The third-order valence-corrected chi connectivity index (χ3v) is 2.91. The van der Waals surface area contributed by atoms with Crippen molar-refractivity contribution in [1.82, 2.24) is 0 Å². The van der Waals surface area contributed by atoms with E-state index < -0.39 is 16.7 Å². The fraction of sp³-hybridized carbons (Fsp3) is 0.0714. The van der Waals surface area contributed by atoms with Crippen LogP contribution in [0.2, 0.25) is 0 Å². The summed E-state index contributed by atoms with van der Waals surface area (Å²) in [6.45, 7) is 0. The predicted octanol–water partition coefficient (Wildman–Crippen LogP) is 3.11. The average Bonchev–Trinajstić information content (AvgIpc) is 2.46. The number of nitrogens with zero attached hydrogens (tertiary/aromatic N) is 1. The van der Waals surface area contributed by atoms with Gasteiger partial charge >= 0.3 is 11.7 Å². The minimum Gasteiger partial charge on any atom is -0.490 e. The Morgan fingerprint density at radius 1 is 1.24 bits per heavy atom. The van der Waals surface area contributed by atoms with Crippen molar-refractivity contribution in [2.75, 3.05) is 7.11 Å². The maximum atomic E-state index is 14.0. The number of carboxylic acids is 1. The number of aromatic carboxylic acids is 1. The molecule has 0 aliphatic rings. The molecule has 0 aliphatic heterocycles. The molecule has 2 aromatic carbocycles.